The third kappa shape index (κ3) is 1.66. The Kier molecular flexibility index (Phi) is 2.41. The molecule has 1 amide bonds. The lowest BCUT2D eigenvalue weighted by Gasteiger charge is -2.31. The number of nitrogens with zero attached hydrogens (tertiary/aromatic N) is 1. The third-order valence-electron chi connectivity index (χ3n) is 2.93. The molecule has 0 spiro atoms. The molecule has 0 unspecified atom stereocenters. The van der Waals surface area contributed by atoms with Gasteiger partial charge in [0.05, 0.1) is 7.11 Å². The molecule has 1 aromatic rings. The number of carbonyl (C=O) groups excluding carboxylic acids is 1. The van der Waals surface area contributed by atoms with E-state index in [1.807, 2.05) is 43.9 Å². The number of methoxy groups -OCH3 is 1. The van der Waals surface area contributed by atoms with Crippen molar-refractivity contribution in [2.24, 2.45) is 0 Å². The van der Waals surface area contributed by atoms with Crippen molar-refractivity contribution in [2.75, 3.05) is 7.11 Å². The van der Waals surface area contributed by atoms with E-state index in [9.17, 15) is 4.79 Å². The molecule has 1 aliphatic rings. The van der Waals surface area contributed by atoms with Gasteiger partial charge in [-0.2, -0.15) is 0 Å². The lowest BCUT2D eigenvalue weighted by atomic mass is 10.1. The van der Waals surface area contributed by atoms with Gasteiger partial charge in [0.2, 0.25) is 0 Å². The highest BCUT2D eigenvalue weighted by Crippen LogP contribution is 2.31. The van der Waals surface area contributed by atoms with Gasteiger partial charge in [0.1, 0.15) is 5.75 Å². The van der Waals surface area contributed by atoms with Gasteiger partial charge in [-0.25, -0.2) is 0 Å². The average Bonchev–Trinajstić information content (AvgIpc) is 2.55. The fourth-order valence-corrected chi connectivity index (χ4v) is 1.97. The summed E-state index contributed by atoms with van der Waals surface area (Å²) in [7, 11) is 1.64. The van der Waals surface area contributed by atoms with E-state index in [0.717, 1.165) is 16.9 Å². The van der Waals surface area contributed by atoms with Crippen molar-refractivity contribution in [1.82, 2.24) is 4.90 Å². The van der Waals surface area contributed by atoms with Gasteiger partial charge in [0, 0.05) is 17.6 Å². The summed E-state index contributed by atoms with van der Waals surface area (Å²) in [5.74, 6) is 0.924. The number of amides is 1. The standard InChI is InChI=1S/C13H17NO2/c1-13(2,3)14-8-9-7-10(16-4)5-6-11(9)12(14)15/h5-7H,8H2,1-4H3. The molecule has 0 bridgehead atoms. The van der Waals surface area contributed by atoms with Gasteiger partial charge in [0.15, 0.2) is 0 Å². The fourth-order valence-electron chi connectivity index (χ4n) is 1.97. The molecule has 1 aliphatic heterocycles. The fraction of sp³-hybridized carbons (Fsp3) is 0.462. The molecule has 0 saturated carbocycles. The van der Waals surface area contributed by atoms with Gasteiger partial charge in [-0.3, -0.25) is 4.79 Å². The van der Waals surface area contributed by atoms with Gasteiger partial charge in [0.25, 0.3) is 5.91 Å². The first kappa shape index (κ1) is 11.0. The molecule has 1 heterocycles. The quantitative estimate of drug-likeness (QED) is 0.726. The molecule has 3 heteroatoms. The topological polar surface area (TPSA) is 29.5 Å². The molecule has 0 N–H and O–H groups in total. The Morgan fingerprint density at radius 1 is 1.31 bits per heavy atom. The summed E-state index contributed by atoms with van der Waals surface area (Å²) >= 11 is 0. The minimum Gasteiger partial charge on any atom is -0.497 e. The Morgan fingerprint density at radius 2 is 2.00 bits per heavy atom. The van der Waals surface area contributed by atoms with Crippen LogP contribution in [0.1, 0.15) is 36.7 Å². The van der Waals surface area contributed by atoms with Crippen LogP contribution in [0, 0.1) is 0 Å². The summed E-state index contributed by atoms with van der Waals surface area (Å²) in [4.78, 5) is 14.0. The number of fused-ring (bicyclic) bond motifs is 1. The number of carbonyl (C=O) groups is 1. The predicted octanol–water partition coefficient (Wildman–Crippen LogP) is 2.45. The second-order valence-corrected chi connectivity index (χ2v) is 5.09. The number of benzene rings is 1. The number of hydrogen-bond donors (Lipinski definition) is 0. The Balaban J connectivity index is 2.38. The van der Waals surface area contributed by atoms with E-state index < -0.39 is 0 Å². The summed E-state index contributed by atoms with van der Waals surface area (Å²) in [6.07, 6.45) is 0. The maximum absolute atomic E-state index is 12.1. The van der Waals surface area contributed by atoms with Crippen LogP contribution in [0.15, 0.2) is 18.2 Å². The predicted molar refractivity (Wildman–Crippen MR) is 62.6 cm³/mol. The summed E-state index contributed by atoms with van der Waals surface area (Å²) in [6.45, 7) is 6.82. The summed E-state index contributed by atoms with van der Waals surface area (Å²) < 4.78 is 5.17. The zero-order valence-corrected chi connectivity index (χ0v) is 10.2. The van der Waals surface area contributed by atoms with Crippen molar-refractivity contribution in [3.05, 3.63) is 29.3 Å². The van der Waals surface area contributed by atoms with E-state index in [-0.39, 0.29) is 11.4 Å². The summed E-state index contributed by atoms with van der Waals surface area (Å²) in [6, 6.07) is 5.63. The molecule has 0 saturated heterocycles. The Labute approximate surface area is 96.0 Å². The second kappa shape index (κ2) is 3.51. The summed E-state index contributed by atoms with van der Waals surface area (Å²) in [5, 5.41) is 0. The second-order valence-electron chi connectivity index (χ2n) is 5.09. The monoisotopic (exact) mass is 219 g/mol. The van der Waals surface area contributed by atoms with E-state index in [1.165, 1.54) is 0 Å². The Hall–Kier alpha value is -1.51. The van der Waals surface area contributed by atoms with Gasteiger partial charge in [-0.15, -0.1) is 0 Å². The van der Waals surface area contributed by atoms with Crippen LogP contribution in [0.25, 0.3) is 0 Å². The van der Waals surface area contributed by atoms with Crippen LogP contribution in [0.4, 0.5) is 0 Å². The Morgan fingerprint density at radius 3 is 2.56 bits per heavy atom. The zero-order chi connectivity index (χ0) is 11.9. The molecular weight excluding hydrogens is 202 g/mol. The molecule has 16 heavy (non-hydrogen) atoms. The van der Waals surface area contributed by atoms with Crippen molar-refractivity contribution in [3.63, 3.8) is 0 Å². The normalized spacial score (nSPS) is 15.2. The first-order valence-electron chi connectivity index (χ1n) is 5.42. The number of rotatable bonds is 1. The molecule has 1 aromatic carbocycles. The van der Waals surface area contributed by atoms with Crippen LogP contribution < -0.4 is 4.74 Å². The number of hydrogen-bond acceptors (Lipinski definition) is 2. The van der Waals surface area contributed by atoms with Gasteiger partial charge < -0.3 is 9.64 Å². The molecule has 0 atom stereocenters. The van der Waals surface area contributed by atoms with Crippen molar-refractivity contribution in [2.45, 2.75) is 32.9 Å². The maximum atomic E-state index is 12.1. The van der Waals surface area contributed by atoms with E-state index >= 15 is 0 Å². The average molecular weight is 219 g/mol. The molecule has 0 fully saturated rings. The van der Waals surface area contributed by atoms with Gasteiger partial charge in [-0.1, -0.05) is 0 Å². The van der Waals surface area contributed by atoms with Crippen LogP contribution in [-0.2, 0) is 6.54 Å². The molecule has 3 nitrogen and oxygen atoms in total. The first-order valence-corrected chi connectivity index (χ1v) is 5.42. The van der Waals surface area contributed by atoms with Gasteiger partial charge >= 0.3 is 0 Å². The zero-order valence-electron chi connectivity index (χ0n) is 10.2. The van der Waals surface area contributed by atoms with Crippen molar-refractivity contribution in [3.8, 4) is 5.75 Å². The first-order chi connectivity index (χ1) is 7.43. The van der Waals surface area contributed by atoms with Crippen LogP contribution in [0.5, 0.6) is 5.75 Å². The molecule has 86 valence electrons. The van der Waals surface area contributed by atoms with E-state index in [2.05, 4.69) is 0 Å². The van der Waals surface area contributed by atoms with Crippen molar-refractivity contribution >= 4 is 5.91 Å². The highest BCUT2D eigenvalue weighted by molar-refractivity contribution is 5.99. The molecule has 0 aromatic heterocycles. The summed E-state index contributed by atoms with van der Waals surface area (Å²) in [5.41, 5.74) is 1.72. The minimum absolute atomic E-state index is 0.116. The molecule has 0 aliphatic carbocycles. The van der Waals surface area contributed by atoms with Crippen LogP contribution in [-0.4, -0.2) is 23.5 Å². The maximum Gasteiger partial charge on any atom is 0.254 e. The largest absolute Gasteiger partial charge is 0.497 e. The highest BCUT2D eigenvalue weighted by atomic mass is 16.5. The lowest BCUT2D eigenvalue weighted by molar-refractivity contribution is 0.0609. The molecule has 0 radical (unpaired) electrons. The molecule has 2 rings (SSSR count). The van der Waals surface area contributed by atoms with Crippen LogP contribution in [0.2, 0.25) is 0 Å². The van der Waals surface area contributed by atoms with Crippen LogP contribution in [0.3, 0.4) is 0 Å². The number of ether oxygens (including phenoxy) is 1. The third-order valence-corrected chi connectivity index (χ3v) is 2.93. The van der Waals surface area contributed by atoms with E-state index in [1.54, 1.807) is 7.11 Å². The molecular formula is C13H17NO2. The Bertz CT molecular complexity index is 432. The smallest absolute Gasteiger partial charge is 0.254 e. The SMILES string of the molecule is COc1ccc2c(c1)CN(C(C)(C)C)C2=O. The minimum atomic E-state index is -0.136. The van der Waals surface area contributed by atoms with E-state index in [0.29, 0.717) is 6.54 Å². The van der Waals surface area contributed by atoms with Crippen molar-refractivity contribution < 1.29 is 9.53 Å². The van der Waals surface area contributed by atoms with Gasteiger partial charge in [-0.05, 0) is 44.5 Å². The van der Waals surface area contributed by atoms with Crippen LogP contribution >= 0.6 is 0 Å². The lowest BCUT2D eigenvalue weighted by Crippen LogP contribution is -2.41. The van der Waals surface area contributed by atoms with Crippen molar-refractivity contribution in [1.29, 1.82) is 0 Å². The highest BCUT2D eigenvalue weighted by Gasteiger charge is 2.34. The van der Waals surface area contributed by atoms with E-state index in [4.69, 9.17) is 4.74 Å².